The van der Waals surface area contributed by atoms with Crippen LogP contribution >= 0.6 is 0 Å². The molecule has 1 aromatic rings. The van der Waals surface area contributed by atoms with Crippen molar-refractivity contribution in [3.8, 4) is 0 Å². The Morgan fingerprint density at radius 3 is 2.79 bits per heavy atom. The van der Waals surface area contributed by atoms with Crippen molar-refractivity contribution in [3.63, 3.8) is 0 Å². The number of hydrogen-bond donors (Lipinski definition) is 2. The van der Waals surface area contributed by atoms with Gasteiger partial charge in [-0.05, 0) is 37.9 Å². The number of likely N-dealkylation sites (tertiary alicyclic amines) is 1. The molecule has 0 aliphatic carbocycles. The molecular weight excluding hydrogens is 236 g/mol. The molecule has 0 aromatic heterocycles. The van der Waals surface area contributed by atoms with Crippen LogP contribution in [0.4, 0.5) is 0 Å². The number of aliphatic hydroxyl groups is 1. The van der Waals surface area contributed by atoms with E-state index in [-0.39, 0.29) is 12.1 Å². The highest BCUT2D eigenvalue weighted by molar-refractivity contribution is 5.14. The molecule has 1 aliphatic rings. The van der Waals surface area contributed by atoms with Gasteiger partial charge in [0, 0.05) is 13.1 Å². The minimum absolute atomic E-state index is 0.0942. The molecule has 0 saturated carbocycles. The van der Waals surface area contributed by atoms with E-state index in [1.165, 1.54) is 5.56 Å². The van der Waals surface area contributed by atoms with Gasteiger partial charge < -0.3 is 10.4 Å². The zero-order chi connectivity index (χ0) is 13.6. The number of benzene rings is 1. The van der Waals surface area contributed by atoms with Gasteiger partial charge in [0.2, 0.25) is 0 Å². The molecule has 1 atom stereocenters. The maximum absolute atomic E-state index is 9.76. The van der Waals surface area contributed by atoms with Gasteiger partial charge in [-0.25, -0.2) is 0 Å². The van der Waals surface area contributed by atoms with Gasteiger partial charge in [0.1, 0.15) is 0 Å². The van der Waals surface area contributed by atoms with Crippen LogP contribution in [0.5, 0.6) is 0 Å². The zero-order valence-corrected chi connectivity index (χ0v) is 11.9. The first-order chi connectivity index (χ1) is 9.28. The molecule has 1 saturated heterocycles. The predicted octanol–water partition coefficient (Wildman–Crippen LogP) is 2.01. The second-order valence-electron chi connectivity index (χ2n) is 5.67. The highest BCUT2D eigenvalue weighted by Gasteiger charge is 2.34. The van der Waals surface area contributed by atoms with Crippen LogP contribution in [0.25, 0.3) is 0 Å². The van der Waals surface area contributed by atoms with E-state index in [9.17, 15) is 5.11 Å². The second-order valence-corrected chi connectivity index (χ2v) is 5.67. The predicted molar refractivity (Wildman–Crippen MR) is 79.1 cm³/mol. The Kier molecular flexibility index (Phi) is 5.37. The quantitative estimate of drug-likeness (QED) is 0.823. The third-order valence-electron chi connectivity index (χ3n) is 3.96. The number of rotatable bonds is 6. The van der Waals surface area contributed by atoms with Crippen molar-refractivity contribution in [1.29, 1.82) is 0 Å². The van der Waals surface area contributed by atoms with E-state index >= 15 is 0 Å². The summed E-state index contributed by atoms with van der Waals surface area (Å²) in [6.07, 6.45) is 3.35. The summed E-state index contributed by atoms with van der Waals surface area (Å²) in [5, 5.41) is 13.3. The Balaban J connectivity index is 1.95. The summed E-state index contributed by atoms with van der Waals surface area (Å²) in [6.45, 7) is 6.44. The summed E-state index contributed by atoms with van der Waals surface area (Å²) in [6, 6.07) is 10.6. The third kappa shape index (κ3) is 4.03. The minimum Gasteiger partial charge on any atom is -0.394 e. The minimum atomic E-state index is -0.0942. The molecule has 1 fully saturated rings. The van der Waals surface area contributed by atoms with Gasteiger partial charge in [-0.15, -0.1) is 0 Å². The summed E-state index contributed by atoms with van der Waals surface area (Å²) in [5.74, 6) is 0. The molecule has 2 rings (SSSR count). The largest absolute Gasteiger partial charge is 0.394 e. The van der Waals surface area contributed by atoms with Crippen molar-refractivity contribution in [2.75, 3.05) is 26.2 Å². The highest BCUT2D eigenvalue weighted by atomic mass is 16.3. The fourth-order valence-electron chi connectivity index (χ4n) is 2.92. The average Bonchev–Trinajstić information content (AvgIpc) is 2.46. The molecule has 1 heterocycles. The lowest BCUT2D eigenvalue weighted by atomic mass is 9.89. The van der Waals surface area contributed by atoms with Gasteiger partial charge in [-0.1, -0.05) is 37.3 Å². The molecule has 0 amide bonds. The van der Waals surface area contributed by atoms with Crippen LogP contribution < -0.4 is 5.32 Å². The fraction of sp³-hybridized carbons (Fsp3) is 0.625. The standard InChI is InChI=1S/C16H26N2O/c1-2-10-17-16(14-19)9-6-11-18(13-16)12-15-7-4-3-5-8-15/h3-5,7-8,17,19H,2,6,9-14H2,1H3. The van der Waals surface area contributed by atoms with Gasteiger partial charge in [0.05, 0.1) is 12.1 Å². The molecule has 1 aliphatic heterocycles. The lowest BCUT2D eigenvalue weighted by molar-refractivity contribution is 0.0638. The lowest BCUT2D eigenvalue weighted by Gasteiger charge is -2.42. The van der Waals surface area contributed by atoms with Gasteiger partial charge >= 0.3 is 0 Å². The van der Waals surface area contributed by atoms with Crippen molar-refractivity contribution in [2.45, 2.75) is 38.3 Å². The molecule has 106 valence electrons. The Bertz CT molecular complexity index is 368. The summed E-state index contributed by atoms with van der Waals surface area (Å²) in [7, 11) is 0. The van der Waals surface area contributed by atoms with E-state index in [2.05, 4.69) is 47.5 Å². The number of aliphatic hydroxyl groups excluding tert-OH is 1. The van der Waals surface area contributed by atoms with Crippen molar-refractivity contribution in [1.82, 2.24) is 10.2 Å². The normalized spacial score (nSPS) is 24.5. The zero-order valence-electron chi connectivity index (χ0n) is 11.9. The summed E-state index contributed by atoms with van der Waals surface area (Å²) < 4.78 is 0. The van der Waals surface area contributed by atoms with Crippen LogP contribution in [0.15, 0.2) is 30.3 Å². The number of nitrogens with one attached hydrogen (secondary N) is 1. The Morgan fingerprint density at radius 1 is 1.32 bits per heavy atom. The van der Waals surface area contributed by atoms with E-state index in [1.807, 2.05) is 0 Å². The highest BCUT2D eigenvalue weighted by Crippen LogP contribution is 2.22. The fourth-order valence-corrected chi connectivity index (χ4v) is 2.92. The number of piperidine rings is 1. The first-order valence-corrected chi connectivity index (χ1v) is 7.40. The molecule has 19 heavy (non-hydrogen) atoms. The molecule has 1 aromatic carbocycles. The Hall–Kier alpha value is -0.900. The molecule has 3 nitrogen and oxygen atoms in total. The topological polar surface area (TPSA) is 35.5 Å². The van der Waals surface area contributed by atoms with Crippen LogP contribution in [0.3, 0.4) is 0 Å². The molecule has 0 bridgehead atoms. The van der Waals surface area contributed by atoms with Gasteiger partial charge in [-0.3, -0.25) is 4.90 Å². The van der Waals surface area contributed by atoms with Crippen LogP contribution in [-0.4, -0.2) is 41.8 Å². The van der Waals surface area contributed by atoms with Crippen LogP contribution in [0.1, 0.15) is 31.7 Å². The van der Waals surface area contributed by atoms with Gasteiger partial charge in [-0.2, -0.15) is 0 Å². The third-order valence-corrected chi connectivity index (χ3v) is 3.96. The van der Waals surface area contributed by atoms with Crippen LogP contribution in [-0.2, 0) is 6.54 Å². The number of nitrogens with zero attached hydrogens (tertiary/aromatic N) is 1. The molecule has 3 heteroatoms. The van der Waals surface area contributed by atoms with Crippen molar-refractivity contribution in [2.24, 2.45) is 0 Å². The van der Waals surface area contributed by atoms with Gasteiger partial charge in [0.25, 0.3) is 0 Å². The van der Waals surface area contributed by atoms with E-state index in [0.717, 1.165) is 45.4 Å². The van der Waals surface area contributed by atoms with E-state index in [4.69, 9.17) is 0 Å². The lowest BCUT2D eigenvalue weighted by Crippen LogP contribution is -2.59. The van der Waals surface area contributed by atoms with Crippen molar-refractivity contribution >= 4 is 0 Å². The average molecular weight is 262 g/mol. The van der Waals surface area contributed by atoms with Crippen molar-refractivity contribution < 1.29 is 5.11 Å². The molecular formula is C16H26N2O. The molecule has 1 unspecified atom stereocenters. The van der Waals surface area contributed by atoms with Crippen LogP contribution in [0, 0.1) is 0 Å². The van der Waals surface area contributed by atoms with E-state index < -0.39 is 0 Å². The van der Waals surface area contributed by atoms with Crippen molar-refractivity contribution in [3.05, 3.63) is 35.9 Å². The molecule has 0 radical (unpaired) electrons. The Morgan fingerprint density at radius 2 is 2.11 bits per heavy atom. The Labute approximate surface area is 116 Å². The molecule has 0 spiro atoms. The first kappa shape index (κ1) is 14.5. The van der Waals surface area contributed by atoms with Gasteiger partial charge in [0.15, 0.2) is 0 Å². The van der Waals surface area contributed by atoms with E-state index in [1.54, 1.807) is 0 Å². The maximum atomic E-state index is 9.76. The summed E-state index contributed by atoms with van der Waals surface area (Å²) >= 11 is 0. The second kappa shape index (κ2) is 7.04. The smallest absolute Gasteiger partial charge is 0.0625 e. The molecule has 2 N–H and O–H groups in total. The number of hydrogen-bond acceptors (Lipinski definition) is 3. The first-order valence-electron chi connectivity index (χ1n) is 7.40. The monoisotopic (exact) mass is 262 g/mol. The maximum Gasteiger partial charge on any atom is 0.0625 e. The SMILES string of the molecule is CCCNC1(CO)CCCN(Cc2ccccc2)C1. The van der Waals surface area contributed by atoms with E-state index in [0.29, 0.717) is 0 Å². The summed E-state index contributed by atoms with van der Waals surface area (Å²) in [4.78, 5) is 2.46. The van der Waals surface area contributed by atoms with Crippen LogP contribution in [0.2, 0.25) is 0 Å². The summed E-state index contributed by atoms with van der Waals surface area (Å²) in [5.41, 5.74) is 1.26.